The summed E-state index contributed by atoms with van der Waals surface area (Å²) in [6.45, 7) is 3.80. The Hall–Kier alpha value is -2.08. The van der Waals surface area contributed by atoms with E-state index in [-0.39, 0.29) is 17.9 Å². The quantitative estimate of drug-likeness (QED) is 0.747. The molecule has 2 bridgehead atoms. The zero-order valence-corrected chi connectivity index (χ0v) is 14.0. The van der Waals surface area contributed by atoms with Crippen molar-refractivity contribution in [1.82, 2.24) is 10.2 Å². The third kappa shape index (κ3) is 3.70. The van der Waals surface area contributed by atoms with Crippen LogP contribution in [-0.2, 0) is 4.79 Å². The van der Waals surface area contributed by atoms with E-state index in [1.807, 2.05) is 17.0 Å². The predicted molar refractivity (Wildman–Crippen MR) is 90.8 cm³/mol. The molecule has 2 aliphatic rings. The number of fused-ring (bicyclic) bond motifs is 3. The first-order valence-electron chi connectivity index (χ1n) is 8.61. The van der Waals surface area contributed by atoms with Gasteiger partial charge in [0.1, 0.15) is 12.4 Å². The minimum atomic E-state index is -0.518. The van der Waals surface area contributed by atoms with E-state index in [1.165, 1.54) is 0 Å². The fourth-order valence-corrected chi connectivity index (χ4v) is 3.46. The lowest BCUT2D eigenvalue weighted by atomic mass is 10.1. The molecule has 130 valence electrons. The number of benzene rings is 1. The monoisotopic (exact) mass is 331 g/mol. The first-order chi connectivity index (χ1) is 11.5. The second kappa shape index (κ2) is 7.21. The maximum Gasteiger partial charge on any atom is 0.251 e. The molecule has 2 aliphatic heterocycles. The van der Waals surface area contributed by atoms with Crippen molar-refractivity contribution in [3.8, 4) is 5.75 Å². The Labute approximate surface area is 142 Å². The molecule has 24 heavy (non-hydrogen) atoms. The van der Waals surface area contributed by atoms with E-state index in [1.54, 1.807) is 12.1 Å². The lowest BCUT2D eigenvalue weighted by molar-refractivity contribution is -0.134. The van der Waals surface area contributed by atoms with Gasteiger partial charge in [0.2, 0.25) is 5.91 Å². The molecule has 6 nitrogen and oxygen atoms in total. The van der Waals surface area contributed by atoms with E-state index in [0.717, 1.165) is 13.0 Å². The molecule has 0 radical (unpaired) electrons. The molecule has 3 atom stereocenters. The Balaban J connectivity index is 1.82. The summed E-state index contributed by atoms with van der Waals surface area (Å²) in [6.07, 6.45) is 2.17. The number of hydrogen-bond acceptors (Lipinski definition) is 4. The number of nitrogens with zero attached hydrogens (tertiary/aromatic N) is 1. The number of ether oxygens (including phenoxy) is 1. The third-order valence-corrected chi connectivity index (χ3v) is 4.74. The molecule has 1 fully saturated rings. The number of carbonyl (C=O) groups is 2. The lowest BCUT2D eigenvalue weighted by Crippen LogP contribution is -2.48. The van der Waals surface area contributed by atoms with Gasteiger partial charge in [-0.3, -0.25) is 9.59 Å². The average molecular weight is 331 g/mol. The van der Waals surface area contributed by atoms with Crippen LogP contribution in [0.25, 0.3) is 0 Å². The molecule has 0 spiro atoms. The molecule has 2 heterocycles. The summed E-state index contributed by atoms with van der Waals surface area (Å²) in [4.78, 5) is 26.7. The molecule has 0 aliphatic carbocycles. The van der Waals surface area contributed by atoms with Crippen LogP contribution in [0.4, 0.5) is 0 Å². The molecule has 3 rings (SSSR count). The summed E-state index contributed by atoms with van der Waals surface area (Å²) in [5.41, 5.74) is 6.66. The lowest BCUT2D eigenvalue weighted by Gasteiger charge is -2.27. The maximum absolute atomic E-state index is 12.6. The van der Waals surface area contributed by atoms with Crippen LogP contribution < -0.4 is 15.8 Å². The Morgan fingerprint density at radius 3 is 3.00 bits per heavy atom. The fourth-order valence-electron chi connectivity index (χ4n) is 3.46. The molecule has 0 saturated carbocycles. The second-order valence-electron chi connectivity index (χ2n) is 6.83. The summed E-state index contributed by atoms with van der Waals surface area (Å²) in [5, 5.41) is 2.86. The number of rotatable bonds is 0. The van der Waals surface area contributed by atoms with Crippen molar-refractivity contribution < 1.29 is 14.3 Å². The molecule has 1 aromatic rings. The van der Waals surface area contributed by atoms with Gasteiger partial charge in [0.15, 0.2) is 0 Å². The third-order valence-electron chi connectivity index (χ3n) is 4.74. The van der Waals surface area contributed by atoms with E-state index in [0.29, 0.717) is 43.2 Å². The van der Waals surface area contributed by atoms with Gasteiger partial charge in [-0.05, 0) is 43.4 Å². The van der Waals surface area contributed by atoms with E-state index in [2.05, 4.69) is 12.2 Å². The Morgan fingerprint density at radius 1 is 1.33 bits per heavy atom. The van der Waals surface area contributed by atoms with Gasteiger partial charge in [-0.2, -0.15) is 0 Å². The molecule has 6 heteroatoms. The van der Waals surface area contributed by atoms with Crippen molar-refractivity contribution in [2.45, 2.75) is 38.3 Å². The SMILES string of the molecule is C[C@H]1C[C@H]2COc3cccc(c3)C(=O)NCCC[C@H](N)C(=O)N2C1. The van der Waals surface area contributed by atoms with Crippen molar-refractivity contribution in [3.63, 3.8) is 0 Å². The molecule has 0 aromatic heterocycles. The Kier molecular flexibility index (Phi) is 5.04. The minimum absolute atomic E-state index is 0.00918. The second-order valence-corrected chi connectivity index (χ2v) is 6.83. The highest BCUT2D eigenvalue weighted by atomic mass is 16.5. The smallest absolute Gasteiger partial charge is 0.251 e. The van der Waals surface area contributed by atoms with E-state index in [9.17, 15) is 9.59 Å². The zero-order chi connectivity index (χ0) is 17.1. The van der Waals surface area contributed by atoms with Crippen molar-refractivity contribution in [1.29, 1.82) is 0 Å². The minimum Gasteiger partial charge on any atom is -0.491 e. The van der Waals surface area contributed by atoms with Crippen LogP contribution in [0.3, 0.4) is 0 Å². The van der Waals surface area contributed by atoms with E-state index in [4.69, 9.17) is 10.5 Å². The van der Waals surface area contributed by atoms with Crippen LogP contribution in [0.5, 0.6) is 5.75 Å². The number of hydrogen-bond donors (Lipinski definition) is 2. The van der Waals surface area contributed by atoms with Crippen LogP contribution in [0, 0.1) is 5.92 Å². The van der Waals surface area contributed by atoms with Gasteiger partial charge in [-0.1, -0.05) is 13.0 Å². The van der Waals surface area contributed by atoms with Gasteiger partial charge in [0.05, 0.1) is 12.1 Å². The van der Waals surface area contributed by atoms with E-state index >= 15 is 0 Å². The van der Waals surface area contributed by atoms with Gasteiger partial charge in [0.25, 0.3) is 5.91 Å². The van der Waals surface area contributed by atoms with Crippen molar-refractivity contribution in [2.24, 2.45) is 11.7 Å². The topological polar surface area (TPSA) is 84.7 Å². The summed E-state index contributed by atoms with van der Waals surface area (Å²) in [7, 11) is 0. The first kappa shape index (κ1) is 16.8. The van der Waals surface area contributed by atoms with Crippen molar-refractivity contribution in [2.75, 3.05) is 19.7 Å². The maximum atomic E-state index is 12.6. The van der Waals surface area contributed by atoms with E-state index < -0.39 is 6.04 Å². The fraction of sp³-hybridized carbons (Fsp3) is 0.556. The zero-order valence-electron chi connectivity index (χ0n) is 14.0. The highest BCUT2D eigenvalue weighted by molar-refractivity contribution is 5.94. The van der Waals surface area contributed by atoms with Crippen LogP contribution in [0.1, 0.15) is 36.5 Å². The standard InChI is InChI=1S/C18H25N3O3/c1-12-8-14-11-24-15-5-2-4-13(9-15)17(22)20-7-3-6-16(19)18(23)21(14)10-12/h2,4-5,9,12,14,16H,3,6-8,10-11,19H2,1H3,(H,20,22)/t12-,14-,16-/m0/s1. The molecular formula is C18H25N3O3. The number of amides is 2. The van der Waals surface area contributed by atoms with Crippen LogP contribution in [-0.4, -0.2) is 48.5 Å². The average Bonchev–Trinajstić information content (AvgIpc) is 2.96. The molecule has 0 unspecified atom stereocenters. The molecule has 3 N–H and O–H groups in total. The van der Waals surface area contributed by atoms with Crippen LogP contribution >= 0.6 is 0 Å². The van der Waals surface area contributed by atoms with Crippen molar-refractivity contribution in [3.05, 3.63) is 29.8 Å². The van der Waals surface area contributed by atoms with Gasteiger partial charge in [0, 0.05) is 18.7 Å². The number of nitrogens with two attached hydrogens (primary N) is 1. The van der Waals surface area contributed by atoms with Gasteiger partial charge in [-0.25, -0.2) is 0 Å². The van der Waals surface area contributed by atoms with Gasteiger partial charge >= 0.3 is 0 Å². The molecule has 1 saturated heterocycles. The van der Waals surface area contributed by atoms with Crippen molar-refractivity contribution >= 4 is 11.8 Å². The summed E-state index contributed by atoms with van der Waals surface area (Å²) in [5.74, 6) is 0.953. The molecular weight excluding hydrogens is 306 g/mol. The largest absolute Gasteiger partial charge is 0.491 e. The van der Waals surface area contributed by atoms with Gasteiger partial charge < -0.3 is 20.7 Å². The normalized spacial score (nSPS) is 28.6. The summed E-state index contributed by atoms with van der Waals surface area (Å²) >= 11 is 0. The van der Waals surface area contributed by atoms with Crippen LogP contribution in [0.15, 0.2) is 24.3 Å². The summed E-state index contributed by atoms with van der Waals surface area (Å²) < 4.78 is 5.87. The first-order valence-corrected chi connectivity index (χ1v) is 8.61. The highest BCUT2D eigenvalue weighted by Gasteiger charge is 2.35. The Morgan fingerprint density at radius 2 is 2.17 bits per heavy atom. The number of nitrogens with one attached hydrogen (secondary N) is 1. The van der Waals surface area contributed by atoms with Crippen LogP contribution in [0.2, 0.25) is 0 Å². The van der Waals surface area contributed by atoms with Gasteiger partial charge in [-0.15, -0.1) is 0 Å². The molecule has 1 aromatic carbocycles. The predicted octanol–water partition coefficient (Wildman–Crippen LogP) is 1.15. The summed E-state index contributed by atoms with van der Waals surface area (Å²) in [6, 6.07) is 6.69. The molecule has 2 amide bonds. The number of carbonyl (C=O) groups excluding carboxylic acids is 2. The Bertz CT molecular complexity index is 619. The highest BCUT2D eigenvalue weighted by Crippen LogP contribution is 2.25.